The summed E-state index contributed by atoms with van der Waals surface area (Å²) in [4.78, 5) is 17.7. The third kappa shape index (κ3) is 3.53. The molecular formula is C10H13N3O2S. The minimum Gasteiger partial charge on any atom is -0.384 e. The lowest BCUT2D eigenvalue weighted by atomic mass is 10.5. The van der Waals surface area contributed by atoms with Gasteiger partial charge in [-0.25, -0.2) is 9.78 Å². The van der Waals surface area contributed by atoms with E-state index in [0.29, 0.717) is 16.6 Å². The Morgan fingerprint density at radius 3 is 3.12 bits per heavy atom. The van der Waals surface area contributed by atoms with Crippen molar-refractivity contribution in [2.75, 3.05) is 25.5 Å². The molecule has 1 aromatic heterocycles. The van der Waals surface area contributed by atoms with Gasteiger partial charge >= 0.3 is 6.03 Å². The number of amides is 2. The van der Waals surface area contributed by atoms with E-state index < -0.39 is 0 Å². The number of nitrogens with zero attached hydrogens (tertiary/aromatic N) is 2. The SMILES string of the molecule is CCN(C)C(=O)Nc1ncc(C#CCO)s1. The molecule has 0 aromatic carbocycles. The summed E-state index contributed by atoms with van der Waals surface area (Å²) in [5.41, 5.74) is 0. The number of rotatable bonds is 2. The quantitative estimate of drug-likeness (QED) is 0.756. The van der Waals surface area contributed by atoms with Crippen molar-refractivity contribution in [1.29, 1.82) is 0 Å². The molecule has 0 bridgehead atoms. The normalized spacial score (nSPS) is 9.19. The average Bonchev–Trinajstić information content (AvgIpc) is 2.72. The molecule has 0 unspecified atom stereocenters. The molecule has 0 fully saturated rings. The highest BCUT2D eigenvalue weighted by atomic mass is 32.1. The number of urea groups is 1. The predicted molar refractivity (Wildman–Crippen MR) is 63.4 cm³/mol. The summed E-state index contributed by atoms with van der Waals surface area (Å²) in [6.45, 7) is 2.34. The van der Waals surface area contributed by atoms with Crippen LogP contribution in [-0.2, 0) is 0 Å². The Hall–Kier alpha value is -1.58. The summed E-state index contributed by atoms with van der Waals surface area (Å²) in [6.07, 6.45) is 1.56. The first-order chi connectivity index (χ1) is 7.67. The summed E-state index contributed by atoms with van der Waals surface area (Å²) < 4.78 is 0. The first-order valence-electron chi connectivity index (χ1n) is 4.75. The first kappa shape index (κ1) is 12.5. The van der Waals surface area contributed by atoms with Crippen molar-refractivity contribution >= 4 is 22.5 Å². The Balaban J connectivity index is 2.62. The summed E-state index contributed by atoms with van der Waals surface area (Å²) in [7, 11) is 1.70. The highest BCUT2D eigenvalue weighted by Crippen LogP contribution is 2.17. The Labute approximate surface area is 98.1 Å². The van der Waals surface area contributed by atoms with Crippen LogP contribution in [0.2, 0.25) is 0 Å². The molecule has 2 N–H and O–H groups in total. The van der Waals surface area contributed by atoms with E-state index in [4.69, 9.17) is 5.11 Å². The van der Waals surface area contributed by atoms with Crippen molar-refractivity contribution < 1.29 is 9.90 Å². The van der Waals surface area contributed by atoms with Gasteiger partial charge in [0.1, 0.15) is 6.61 Å². The molecule has 0 saturated heterocycles. The lowest BCUT2D eigenvalue weighted by Gasteiger charge is -2.13. The Bertz CT molecular complexity index is 419. The molecule has 0 spiro atoms. The fourth-order valence-corrected chi connectivity index (χ4v) is 1.53. The molecule has 0 aliphatic rings. The topological polar surface area (TPSA) is 65.5 Å². The number of anilines is 1. The number of nitrogens with one attached hydrogen (secondary N) is 1. The number of aliphatic hydroxyl groups is 1. The smallest absolute Gasteiger partial charge is 0.323 e. The van der Waals surface area contributed by atoms with Crippen LogP contribution in [0.1, 0.15) is 11.8 Å². The fourth-order valence-electron chi connectivity index (χ4n) is 0.847. The Morgan fingerprint density at radius 2 is 2.50 bits per heavy atom. The lowest BCUT2D eigenvalue weighted by molar-refractivity contribution is 0.224. The van der Waals surface area contributed by atoms with E-state index in [1.54, 1.807) is 18.1 Å². The van der Waals surface area contributed by atoms with Gasteiger partial charge in [-0.3, -0.25) is 5.32 Å². The largest absolute Gasteiger partial charge is 0.384 e. The molecule has 2 amide bonds. The van der Waals surface area contributed by atoms with E-state index in [-0.39, 0.29) is 12.6 Å². The summed E-state index contributed by atoms with van der Waals surface area (Å²) in [6, 6.07) is -0.196. The van der Waals surface area contributed by atoms with Crippen LogP contribution in [0.4, 0.5) is 9.93 Å². The zero-order valence-electron chi connectivity index (χ0n) is 9.15. The molecule has 0 aliphatic carbocycles. The molecule has 1 heterocycles. The van der Waals surface area contributed by atoms with Gasteiger partial charge in [0.05, 0.1) is 11.1 Å². The zero-order valence-corrected chi connectivity index (χ0v) is 9.97. The van der Waals surface area contributed by atoms with E-state index in [2.05, 4.69) is 22.1 Å². The zero-order chi connectivity index (χ0) is 12.0. The lowest BCUT2D eigenvalue weighted by Crippen LogP contribution is -2.30. The van der Waals surface area contributed by atoms with Crippen molar-refractivity contribution in [3.63, 3.8) is 0 Å². The third-order valence-electron chi connectivity index (χ3n) is 1.83. The van der Waals surface area contributed by atoms with E-state index in [0.717, 1.165) is 0 Å². The molecule has 1 rings (SSSR count). The summed E-state index contributed by atoms with van der Waals surface area (Å²) in [5, 5.41) is 11.7. The first-order valence-corrected chi connectivity index (χ1v) is 5.56. The maximum Gasteiger partial charge on any atom is 0.323 e. The summed E-state index contributed by atoms with van der Waals surface area (Å²) in [5.74, 6) is 5.24. The van der Waals surface area contributed by atoms with Crippen LogP contribution in [0.3, 0.4) is 0 Å². The van der Waals surface area contributed by atoms with Gasteiger partial charge in [0.2, 0.25) is 0 Å². The van der Waals surface area contributed by atoms with Gasteiger partial charge in [-0.1, -0.05) is 23.2 Å². The Morgan fingerprint density at radius 1 is 1.75 bits per heavy atom. The predicted octanol–water partition coefficient (Wildman–Crippen LogP) is 0.970. The van der Waals surface area contributed by atoms with Crippen LogP contribution in [0.15, 0.2) is 6.20 Å². The van der Waals surface area contributed by atoms with E-state index in [9.17, 15) is 4.79 Å². The third-order valence-corrected chi connectivity index (χ3v) is 2.66. The Kier molecular flexibility index (Phi) is 4.76. The number of hydrogen-bond donors (Lipinski definition) is 2. The van der Waals surface area contributed by atoms with Gasteiger partial charge in [-0.2, -0.15) is 0 Å². The van der Waals surface area contributed by atoms with Gasteiger partial charge in [-0.15, -0.1) is 0 Å². The van der Waals surface area contributed by atoms with Gasteiger partial charge in [0, 0.05) is 13.6 Å². The minimum absolute atomic E-state index is 0.182. The number of aromatic nitrogens is 1. The highest BCUT2D eigenvalue weighted by Gasteiger charge is 2.08. The van der Waals surface area contributed by atoms with Crippen LogP contribution in [-0.4, -0.2) is 41.2 Å². The van der Waals surface area contributed by atoms with E-state index in [1.807, 2.05) is 6.92 Å². The number of hydrogen-bond acceptors (Lipinski definition) is 4. The maximum absolute atomic E-state index is 11.5. The van der Waals surface area contributed by atoms with Crippen molar-refractivity contribution in [3.05, 3.63) is 11.1 Å². The number of aliphatic hydroxyl groups excluding tert-OH is 1. The van der Waals surface area contributed by atoms with Crippen molar-refractivity contribution in [3.8, 4) is 11.8 Å². The van der Waals surface area contributed by atoms with Crippen LogP contribution >= 0.6 is 11.3 Å². The number of carbonyl (C=O) groups is 1. The molecule has 6 heteroatoms. The molecule has 86 valence electrons. The molecule has 0 saturated carbocycles. The molecule has 1 aromatic rings. The number of carbonyl (C=O) groups excluding carboxylic acids is 1. The second-order valence-electron chi connectivity index (χ2n) is 2.93. The average molecular weight is 239 g/mol. The number of thiazole rings is 1. The second kappa shape index (κ2) is 6.10. The molecule has 0 radical (unpaired) electrons. The van der Waals surface area contributed by atoms with E-state index in [1.165, 1.54) is 11.3 Å². The molecule has 0 atom stereocenters. The molecule has 5 nitrogen and oxygen atoms in total. The van der Waals surface area contributed by atoms with Crippen LogP contribution in [0.25, 0.3) is 0 Å². The highest BCUT2D eigenvalue weighted by molar-refractivity contribution is 7.16. The van der Waals surface area contributed by atoms with Crippen LogP contribution in [0, 0.1) is 11.8 Å². The molecule has 0 aliphatic heterocycles. The second-order valence-corrected chi connectivity index (χ2v) is 3.96. The fraction of sp³-hybridized carbons (Fsp3) is 0.400. The summed E-state index contributed by atoms with van der Waals surface area (Å²) >= 11 is 1.27. The standard InChI is InChI=1S/C10H13N3O2S/c1-3-13(2)10(15)12-9-11-7-8(16-9)5-4-6-14/h7,14H,3,6H2,1-2H3,(H,11,12,15). The van der Waals surface area contributed by atoms with Gasteiger partial charge in [0.15, 0.2) is 5.13 Å². The van der Waals surface area contributed by atoms with Gasteiger partial charge < -0.3 is 10.0 Å². The van der Waals surface area contributed by atoms with Gasteiger partial charge in [-0.05, 0) is 6.92 Å². The van der Waals surface area contributed by atoms with Crippen molar-refractivity contribution in [2.45, 2.75) is 6.92 Å². The molecular weight excluding hydrogens is 226 g/mol. The molecule has 16 heavy (non-hydrogen) atoms. The van der Waals surface area contributed by atoms with E-state index >= 15 is 0 Å². The minimum atomic E-state index is -0.196. The van der Waals surface area contributed by atoms with Crippen LogP contribution < -0.4 is 5.32 Å². The van der Waals surface area contributed by atoms with Crippen LogP contribution in [0.5, 0.6) is 0 Å². The van der Waals surface area contributed by atoms with Crippen molar-refractivity contribution in [2.24, 2.45) is 0 Å². The van der Waals surface area contributed by atoms with Gasteiger partial charge in [0.25, 0.3) is 0 Å². The maximum atomic E-state index is 11.5. The monoisotopic (exact) mass is 239 g/mol. The van der Waals surface area contributed by atoms with Crippen molar-refractivity contribution in [1.82, 2.24) is 9.88 Å².